The molecule has 0 aliphatic heterocycles. The maximum Gasteiger partial charge on any atom is 0.108 e. The van der Waals surface area contributed by atoms with E-state index in [1.54, 1.807) is 0 Å². The molecule has 4 rings (SSSR count). The van der Waals surface area contributed by atoms with Gasteiger partial charge >= 0.3 is 0 Å². The van der Waals surface area contributed by atoms with Crippen LogP contribution in [0.4, 0.5) is 0 Å². The van der Waals surface area contributed by atoms with Crippen LogP contribution < -0.4 is 0 Å². The molecule has 2 aromatic carbocycles. The van der Waals surface area contributed by atoms with Gasteiger partial charge in [-0.25, -0.2) is 4.98 Å². The Morgan fingerprint density at radius 2 is 1.55 bits per heavy atom. The summed E-state index contributed by atoms with van der Waals surface area (Å²) < 4.78 is 5.38. The second-order valence-corrected chi connectivity index (χ2v) is 8.40. The number of hydrogen-bond acceptors (Lipinski definition) is 2. The van der Waals surface area contributed by atoms with Crippen LogP contribution in [-0.4, -0.2) is 4.98 Å². The number of aromatic nitrogens is 1. The van der Waals surface area contributed by atoms with Gasteiger partial charge in [-0.1, -0.05) is 24.3 Å². The van der Waals surface area contributed by atoms with E-state index < -0.39 is 0 Å². The van der Waals surface area contributed by atoms with Crippen molar-refractivity contribution in [1.29, 1.82) is 0 Å². The number of halogens is 3. The van der Waals surface area contributed by atoms with Gasteiger partial charge in [-0.15, -0.1) is 11.3 Å². The van der Waals surface area contributed by atoms with E-state index in [0.29, 0.717) is 0 Å². The fourth-order valence-electron chi connectivity index (χ4n) is 2.62. The van der Waals surface area contributed by atoms with E-state index in [9.17, 15) is 0 Å². The monoisotopic (exact) mass is 495 g/mol. The van der Waals surface area contributed by atoms with Crippen LogP contribution in [0, 0.1) is 0 Å². The van der Waals surface area contributed by atoms with Crippen molar-refractivity contribution < 1.29 is 0 Å². The highest BCUT2D eigenvalue weighted by atomic mass is 79.9. The van der Waals surface area contributed by atoms with Crippen LogP contribution >= 0.6 is 59.1 Å². The number of thiophene rings is 1. The van der Waals surface area contributed by atoms with Crippen molar-refractivity contribution in [3.05, 3.63) is 62.2 Å². The number of nitrogens with zero attached hydrogens (tertiary/aromatic N) is 1. The van der Waals surface area contributed by atoms with E-state index in [2.05, 4.69) is 89.2 Å². The molecule has 0 aliphatic carbocycles. The molecule has 0 aliphatic rings. The maximum absolute atomic E-state index is 4.31. The third-order valence-electron chi connectivity index (χ3n) is 3.55. The maximum atomic E-state index is 4.31. The van der Waals surface area contributed by atoms with Gasteiger partial charge in [0.15, 0.2) is 0 Å². The number of rotatable bonds is 1. The Hall–Kier alpha value is -0.750. The Morgan fingerprint density at radius 1 is 0.818 bits per heavy atom. The zero-order chi connectivity index (χ0) is 15.3. The topological polar surface area (TPSA) is 12.9 Å². The van der Waals surface area contributed by atoms with Crippen molar-refractivity contribution in [2.45, 2.75) is 0 Å². The number of pyridine rings is 1. The summed E-state index contributed by atoms with van der Waals surface area (Å²) in [5, 5.41) is 2.57. The first kappa shape index (κ1) is 14.8. The molecule has 22 heavy (non-hydrogen) atoms. The van der Waals surface area contributed by atoms with E-state index in [0.717, 1.165) is 19.2 Å². The fourth-order valence-corrected chi connectivity index (χ4v) is 5.76. The van der Waals surface area contributed by atoms with Crippen LogP contribution in [0.5, 0.6) is 0 Å². The summed E-state index contributed by atoms with van der Waals surface area (Å²) in [5.41, 5.74) is 2.29. The average Bonchev–Trinajstić information content (AvgIpc) is 2.85. The number of fused-ring (bicyclic) bond motifs is 3. The summed E-state index contributed by atoms with van der Waals surface area (Å²) in [6.45, 7) is 0. The van der Waals surface area contributed by atoms with Crippen molar-refractivity contribution in [2.24, 2.45) is 0 Å². The molecule has 4 aromatic rings. The average molecular weight is 498 g/mol. The first-order valence-corrected chi connectivity index (χ1v) is 9.76. The van der Waals surface area contributed by atoms with Crippen LogP contribution in [0.15, 0.2) is 62.2 Å². The zero-order valence-corrected chi connectivity index (χ0v) is 16.7. The van der Waals surface area contributed by atoms with Crippen LogP contribution in [0.1, 0.15) is 0 Å². The minimum Gasteiger partial charge on any atom is -0.234 e. The lowest BCUT2D eigenvalue weighted by atomic mass is 10.0. The molecule has 2 heterocycles. The van der Waals surface area contributed by atoms with Gasteiger partial charge in [-0.05, 0) is 83.2 Å². The fraction of sp³-hybridized carbons (Fsp3) is 0. The van der Waals surface area contributed by atoms with Gasteiger partial charge in [0, 0.05) is 24.6 Å². The Labute approximate surface area is 156 Å². The molecular formula is C17H8Br3NS. The SMILES string of the molecule is Brc1cc(-c2ccc3sc4ccccc4c3c2Br)cc(Br)n1. The van der Waals surface area contributed by atoms with Gasteiger partial charge < -0.3 is 0 Å². The van der Waals surface area contributed by atoms with Crippen molar-refractivity contribution in [3.8, 4) is 11.1 Å². The lowest BCUT2D eigenvalue weighted by molar-refractivity contribution is 1.23. The molecule has 0 spiro atoms. The van der Waals surface area contributed by atoms with Crippen LogP contribution in [-0.2, 0) is 0 Å². The van der Waals surface area contributed by atoms with Gasteiger partial charge in [-0.2, -0.15) is 0 Å². The van der Waals surface area contributed by atoms with E-state index >= 15 is 0 Å². The summed E-state index contributed by atoms with van der Waals surface area (Å²) in [6, 6.07) is 17.0. The molecule has 0 bridgehead atoms. The molecule has 0 saturated heterocycles. The molecule has 0 atom stereocenters. The molecule has 0 N–H and O–H groups in total. The first-order valence-electron chi connectivity index (χ1n) is 6.57. The molecule has 5 heteroatoms. The van der Waals surface area contributed by atoms with Crippen molar-refractivity contribution >= 4 is 79.3 Å². The molecular weight excluding hydrogens is 490 g/mol. The standard InChI is InChI=1S/C17H8Br3NS/c18-14-7-9(8-15(19)21-14)10-5-6-13-16(17(10)20)11-3-1-2-4-12(11)22-13/h1-8H. The summed E-state index contributed by atoms with van der Waals surface area (Å²) in [5.74, 6) is 0. The van der Waals surface area contributed by atoms with E-state index in [1.165, 1.54) is 25.7 Å². The lowest BCUT2D eigenvalue weighted by Crippen LogP contribution is -1.84. The summed E-state index contributed by atoms with van der Waals surface area (Å²) in [7, 11) is 0. The Balaban J connectivity index is 2.07. The highest BCUT2D eigenvalue weighted by molar-refractivity contribution is 9.11. The third-order valence-corrected chi connectivity index (χ3v) is 6.33. The second-order valence-electron chi connectivity index (χ2n) is 4.90. The summed E-state index contributed by atoms with van der Waals surface area (Å²) in [4.78, 5) is 4.31. The lowest BCUT2D eigenvalue weighted by Gasteiger charge is -2.08. The van der Waals surface area contributed by atoms with Gasteiger partial charge in [0.2, 0.25) is 0 Å². The molecule has 0 unspecified atom stereocenters. The highest BCUT2D eigenvalue weighted by Crippen LogP contribution is 2.43. The molecule has 0 radical (unpaired) electrons. The van der Waals surface area contributed by atoms with E-state index in [-0.39, 0.29) is 0 Å². The second kappa shape index (κ2) is 5.71. The molecule has 108 valence electrons. The summed E-state index contributed by atoms with van der Waals surface area (Å²) >= 11 is 12.6. The molecule has 0 amide bonds. The Morgan fingerprint density at radius 3 is 2.32 bits per heavy atom. The van der Waals surface area contributed by atoms with Crippen LogP contribution in [0.3, 0.4) is 0 Å². The summed E-state index contributed by atoms with van der Waals surface area (Å²) in [6.07, 6.45) is 0. The quantitative estimate of drug-likeness (QED) is 0.250. The van der Waals surface area contributed by atoms with Crippen LogP contribution in [0.2, 0.25) is 0 Å². The smallest absolute Gasteiger partial charge is 0.108 e. The van der Waals surface area contributed by atoms with Crippen LogP contribution in [0.25, 0.3) is 31.3 Å². The molecule has 1 nitrogen and oxygen atoms in total. The minimum atomic E-state index is 0.819. The van der Waals surface area contributed by atoms with E-state index in [4.69, 9.17) is 0 Å². The highest BCUT2D eigenvalue weighted by Gasteiger charge is 2.13. The zero-order valence-electron chi connectivity index (χ0n) is 11.1. The van der Waals surface area contributed by atoms with Gasteiger partial charge in [0.05, 0.1) is 0 Å². The number of hydrogen-bond donors (Lipinski definition) is 0. The Bertz CT molecular complexity index is 1000. The van der Waals surface area contributed by atoms with Gasteiger partial charge in [0.1, 0.15) is 9.21 Å². The molecule has 0 fully saturated rings. The first-order chi connectivity index (χ1) is 10.6. The van der Waals surface area contributed by atoms with Gasteiger partial charge in [0.25, 0.3) is 0 Å². The largest absolute Gasteiger partial charge is 0.234 e. The Kier molecular flexibility index (Phi) is 3.85. The third kappa shape index (κ3) is 2.44. The van der Waals surface area contributed by atoms with Crippen molar-refractivity contribution in [2.75, 3.05) is 0 Å². The predicted molar refractivity (Wildman–Crippen MR) is 106 cm³/mol. The minimum absolute atomic E-state index is 0.819. The molecule has 2 aromatic heterocycles. The predicted octanol–water partition coefficient (Wildman–Crippen LogP) is 7.40. The van der Waals surface area contributed by atoms with Crippen molar-refractivity contribution in [3.63, 3.8) is 0 Å². The van der Waals surface area contributed by atoms with E-state index in [1.807, 2.05) is 23.5 Å². The van der Waals surface area contributed by atoms with Gasteiger partial charge in [-0.3, -0.25) is 0 Å². The normalized spacial score (nSPS) is 11.4. The molecule has 0 saturated carbocycles. The van der Waals surface area contributed by atoms with Crippen molar-refractivity contribution in [1.82, 2.24) is 4.98 Å². The number of benzene rings is 2.